The van der Waals surface area contributed by atoms with E-state index in [1.54, 1.807) is 0 Å². The van der Waals surface area contributed by atoms with Crippen molar-refractivity contribution in [3.05, 3.63) is 45.2 Å². The van der Waals surface area contributed by atoms with E-state index in [-0.39, 0.29) is 0 Å². The van der Waals surface area contributed by atoms with Crippen LogP contribution in [0.2, 0.25) is 0 Å². The van der Waals surface area contributed by atoms with E-state index in [2.05, 4.69) is 77.1 Å². The molecule has 1 heterocycles. The molecule has 0 aliphatic carbocycles. The van der Waals surface area contributed by atoms with E-state index in [1.165, 1.54) is 11.1 Å². The predicted molar refractivity (Wildman–Crippen MR) is 91.4 cm³/mol. The summed E-state index contributed by atoms with van der Waals surface area (Å²) in [5, 5.41) is 3.42. The third kappa shape index (κ3) is 3.89. The van der Waals surface area contributed by atoms with Crippen LogP contribution in [0.1, 0.15) is 35.9 Å². The quantitative estimate of drug-likeness (QED) is 0.818. The summed E-state index contributed by atoms with van der Waals surface area (Å²) in [5.41, 5.74) is 5.58. The summed E-state index contributed by atoms with van der Waals surface area (Å²) < 4.78 is 1.09. The maximum Gasteiger partial charge on any atom is 0.159 e. The van der Waals surface area contributed by atoms with Crippen LogP contribution in [-0.2, 0) is 6.54 Å². The molecule has 1 aromatic carbocycles. The topological polar surface area (TPSA) is 37.8 Å². The average molecular weight is 348 g/mol. The zero-order valence-corrected chi connectivity index (χ0v) is 14.7. The minimum absolute atomic E-state index is 0.796. The summed E-state index contributed by atoms with van der Waals surface area (Å²) in [5.74, 6) is 0.796. The molecule has 0 radical (unpaired) electrons. The van der Waals surface area contributed by atoms with Crippen molar-refractivity contribution >= 4 is 15.9 Å². The standard InChI is InChI=1S/C17H22BrN3/c1-5-8-19-10-15-12(3)20-17(21-13(15)4)14-7-6-11(2)16(18)9-14/h6-7,9,19H,5,8,10H2,1-4H3. The molecular weight excluding hydrogens is 326 g/mol. The van der Waals surface area contributed by atoms with Crippen LogP contribution in [0, 0.1) is 20.8 Å². The molecule has 0 fully saturated rings. The van der Waals surface area contributed by atoms with E-state index >= 15 is 0 Å². The van der Waals surface area contributed by atoms with Crippen LogP contribution in [0.25, 0.3) is 11.4 Å². The molecule has 0 spiro atoms. The van der Waals surface area contributed by atoms with E-state index in [0.29, 0.717) is 0 Å². The first-order valence-electron chi connectivity index (χ1n) is 7.34. The first kappa shape index (κ1) is 16.1. The zero-order chi connectivity index (χ0) is 15.4. The first-order chi connectivity index (χ1) is 10.0. The molecule has 0 atom stereocenters. The molecule has 112 valence electrons. The number of hydrogen-bond donors (Lipinski definition) is 1. The Balaban J connectivity index is 2.32. The number of aromatic nitrogens is 2. The highest BCUT2D eigenvalue weighted by atomic mass is 79.9. The van der Waals surface area contributed by atoms with E-state index < -0.39 is 0 Å². The molecule has 0 amide bonds. The number of halogens is 1. The normalized spacial score (nSPS) is 10.9. The minimum Gasteiger partial charge on any atom is -0.313 e. The van der Waals surface area contributed by atoms with Gasteiger partial charge in [0.15, 0.2) is 5.82 Å². The lowest BCUT2D eigenvalue weighted by molar-refractivity contribution is 0.665. The molecule has 1 aromatic heterocycles. The van der Waals surface area contributed by atoms with E-state index in [1.807, 2.05) is 0 Å². The highest BCUT2D eigenvalue weighted by Crippen LogP contribution is 2.24. The summed E-state index contributed by atoms with van der Waals surface area (Å²) >= 11 is 3.57. The van der Waals surface area contributed by atoms with Gasteiger partial charge in [-0.3, -0.25) is 0 Å². The van der Waals surface area contributed by atoms with Crippen molar-refractivity contribution < 1.29 is 0 Å². The van der Waals surface area contributed by atoms with Gasteiger partial charge in [-0.15, -0.1) is 0 Å². The summed E-state index contributed by atoms with van der Waals surface area (Å²) in [6.07, 6.45) is 1.13. The molecule has 3 nitrogen and oxygen atoms in total. The Morgan fingerprint density at radius 1 is 1.10 bits per heavy atom. The predicted octanol–water partition coefficient (Wildman–Crippen LogP) is 4.33. The summed E-state index contributed by atoms with van der Waals surface area (Å²) in [6.45, 7) is 10.2. The van der Waals surface area contributed by atoms with E-state index in [0.717, 1.165) is 46.8 Å². The molecule has 0 bridgehead atoms. The highest BCUT2D eigenvalue weighted by molar-refractivity contribution is 9.10. The molecule has 0 saturated heterocycles. The van der Waals surface area contributed by atoms with Crippen molar-refractivity contribution in [1.82, 2.24) is 15.3 Å². The monoisotopic (exact) mass is 347 g/mol. The Bertz CT molecular complexity index is 615. The van der Waals surface area contributed by atoms with Gasteiger partial charge in [0, 0.05) is 33.5 Å². The molecule has 0 unspecified atom stereocenters. The largest absolute Gasteiger partial charge is 0.313 e. The lowest BCUT2D eigenvalue weighted by Gasteiger charge is -2.12. The molecule has 21 heavy (non-hydrogen) atoms. The van der Waals surface area contributed by atoms with E-state index in [4.69, 9.17) is 0 Å². The van der Waals surface area contributed by atoms with Crippen molar-refractivity contribution in [2.24, 2.45) is 0 Å². The van der Waals surface area contributed by atoms with Crippen LogP contribution in [0.3, 0.4) is 0 Å². The van der Waals surface area contributed by atoms with Gasteiger partial charge in [-0.1, -0.05) is 35.0 Å². The smallest absolute Gasteiger partial charge is 0.159 e. The Labute approximate surface area is 135 Å². The molecule has 1 N–H and O–H groups in total. The van der Waals surface area contributed by atoms with Crippen molar-refractivity contribution in [3.63, 3.8) is 0 Å². The fraction of sp³-hybridized carbons (Fsp3) is 0.412. The molecule has 0 saturated carbocycles. The lowest BCUT2D eigenvalue weighted by atomic mass is 10.1. The van der Waals surface area contributed by atoms with Gasteiger partial charge in [0.25, 0.3) is 0 Å². The maximum absolute atomic E-state index is 4.68. The van der Waals surface area contributed by atoms with Gasteiger partial charge in [-0.05, 0) is 45.4 Å². The SMILES string of the molecule is CCCNCc1c(C)nc(-c2ccc(C)c(Br)c2)nc1C. The third-order valence-corrected chi connectivity index (χ3v) is 4.43. The first-order valence-corrected chi connectivity index (χ1v) is 8.13. The molecule has 0 aliphatic rings. The Kier molecular flexibility index (Phi) is 5.48. The Hall–Kier alpha value is -1.26. The zero-order valence-electron chi connectivity index (χ0n) is 13.1. The van der Waals surface area contributed by atoms with Crippen LogP contribution in [0.4, 0.5) is 0 Å². The van der Waals surface area contributed by atoms with Gasteiger partial charge < -0.3 is 5.32 Å². The fourth-order valence-corrected chi connectivity index (χ4v) is 2.63. The summed E-state index contributed by atoms with van der Waals surface area (Å²) in [7, 11) is 0. The summed E-state index contributed by atoms with van der Waals surface area (Å²) in [4.78, 5) is 9.36. The van der Waals surface area contributed by atoms with Crippen LogP contribution in [0.5, 0.6) is 0 Å². The third-order valence-electron chi connectivity index (χ3n) is 3.58. The van der Waals surface area contributed by atoms with Crippen molar-refractivity contribution in [2.45, 2.75) is 40.7 Å². The number of nitrogens with zero attached hydrogens (tertiary/aromatic N) is 2. The second kappa shape index (κ2) is 7.14. The van der Waals surface area contributed by atoms with Crippen molar-refractivity contribution in [1.29, 1.82) is 0 Å². The molecule has 2 aromatic rings. The number of aryl methyl sites for hydroxylation is 3. The number of benzene rings is 1. The van der Waals surface area contributed by atoms with E-state index in [9.17, 15) is 0 Å². The fourth-order valence-electron chi connectivity index (χ4n) is 2.25. The minimum atomic E-state index is 0.796. The van der Waals surface area contributed by atoms with Gasteiger partial charge in [0.2, 0.25) is 0 Å². The lowest BCUT2D eigenvalue weighted by Crippen LogP contribution is -2.17. The number of rotatable bonds is 5. The summed E-state index contributed by atoms with van der Waals surface area (Å²) in [6, 6.07) is 6.24. The molecule has 4 heteroatoms. The van der Waals surface area contributed by atoms with Gasteiger partial charge in [-0.25, -0.2) is 9.97 Å². The Morgan fingerprint density at radius 2 is 1.76 bits per heavy atom. The highest BCUT2D eigenvalue weighted by Gasteiger charge is 2.10. The van der Waals surface area contributed by atoms with Gasteiger partial charge in [-0.2, -0.15) is 0 Å². The second-order valence-corrected chi connectivity index (χ2v) is 6.19. The van der Waals surface area contributed by atoms with Crippen LogP contribution >= 0.6 is 15.9 Å². The van der Waals surface area contributed by atoms with Crippen LogP contribution in [0.15, 0.2) is 22.7 Å². The number of nitrogens with one attached hydrogen (secondary N) is 1. The van der Waals surface area contributed by atoms with Crippen molar-refractivity contribution in [3.8, 4) is 11.4 Å². The van der Waals surface area contributed by atoms with Gasteiger partial charge >= 0.3 is 0 Å². The number of hydrogen-bond acceptors (Lipinski definition) is 3. The maximum atomic E-state index is 4.68. The molecule has 0 aliphatic heterocycles. The molecule has 2 rings (SSSR count). The molecular formula is C17H22BrN3. The van der Waals surface area contributed by atoms with Crippen molar-refractivity contribution in [2.75, 3.05) is 6.54 Å². The van der Waals surface area contributed by atoms with Gasteiger partial charge in [0.05, 0.1) is 0 Å². The van der Waals surface area contributed by atoms with Crippen LogP contribution in [-0.4, -0.2) is 16.5 Å². The average Bonchev–Trinajstić information content (AvgIpc) is 2.44. The Morgan fingerprint density at radius 3 is 2.33 bits per heavy atom. The van der Waals surface area contributed by atoms with Gasteiger partial charge in [0.1, 0.15) is 0 Å². The van der Waals surface area contributed by atoms with Crippen LogP contribution < -0.4 is 5.32 Å². The second-order valence-electron chi connectivity index (χ2n) is 5.34.